The third-order valence-electron chi connectivity index (χ3n) is 3.14. The topological polar surface area (TPSA) is 58.2 Å². The summed E-state index contributed by atoms with van der Waals surface area (Å²) in [6.45, 7) is 0.388. The monoisotopic (exact) mass is 250 g/mol. The van der Waals surface area contributed by atoms with Gasteiger partial charge in [-0.15, -0.1) is 6.42 Å². The Kier molecular flexibility index (Phi) is 2.46. The van der Waals surface area contributed by atoms with Crippen LogP contribution in [0.25, 0.3) is 10.8 Å². The summed E-state index contributed by atoms with van der Waals surface area (Å²) >= 11 is 0. The van der Waals surface area contributed by atoms with Crippen molar-refractivity contribution in [1.82, 2.24) is 5.32 Å². The maximum atomic E-state index is 11.8. The lowest BCUT2D eigenvalue weighted by Gasteiger charge is -2.18. The maximum Gasteiger partial charge on any atom is 0.258 e. The fraction of sp³-hybridized carbons (Fsp3) is 0.0667. The van der Waals surface area contributed by atoms with Crippen molar-refractivity contribution < 1.29 is 9.59 Å². The number of benzene rings is 2. The lowest BCUT2D eigenvalue weighted by molar-refractivity contribution is 0.0845. The second kappa shape index (κ2) is 4.14. The Bertz CT molecular complexity index is 736. The van der Waals surface area contributed by atoms with E-state index in [1.165, 1.54) is 0 Å². The average molecular weight is 250 g/mol. The molecule has 2 aromatic carbocycles. The molecule has 0 aliphatic carbocycles. The van der Waals surface area contributed by atoms with Gasteiger partial charge in [0.15, 0.2) is 0 Å². The van der Waals surface area contributed by atoms with Gasteiger partial charge in [-0.05, 0) is 18.2 Å². The van der Waals surface area contributed by atoms with Crippen LogP contribution in [0.15, 0.2) is 30.3 Å². The highest BCUT2D eigenvalue weighted by molar-refractivity contribution is 6.26. The van der Waals surface area contributed by atoms with Crippen LogP contribution in [0.4, 0.5) is 5.69 Å². The zero-order chi connectivity index (χ0) is 13.4. The predicted molar refractivity (Wildman–Crippen MR) is 73.1 cm³/mol. The fourth-order valence-corrected chi connectivity index (χ4v) is 2.32. The zero-order valence-corrected chi connectivity index (χ0v) is 9.99. The third kappa shape index (κ3) is 1.64. The van der Waals surface area contributed by atoms with Crippen molar-refractivity contribution in [2.24, 2.45) is 0 Å². The SMILES string of the molecule is C#CCNc1ccc2c3c(cccc13)C(=O)NC2=O. The Morgan fingerprint density at radius 3 is 2.58 bits per heavy atom. The van der Waals surface area contributed by atoms with Crippen LogP contribution < -0.4 is 10.6 Å². The first-order valence-electron chi connectivity index (χ1n) is 5.81. The van der Waals surface area contributed by atoms with E-state index in [0.717, 1.165) is 11.1 Å². The minimum absolute atomic E-state index is 0.364. The Morgan fingerprint density at radius 2 is 1.84 bits per heavy atom. The molecule has 3 rings (SSSR count). The molecule has 0 bridgehead atoms. The second-order valence-corrected chi connectivity index (χ2v) is 4.23. The Labute approximate surface area is 109 Å². The molecule has 1 heterocycles. The number of nitrogens with one attached hydrogen (secondary N) is 2. The van der Waals surface area contributed by atoms with E-state index >= 15 is 0 Å². The average Bonchev–Trinajstić information content (AvgIpc) is 2.42. The fourth-order valence-electron chi connectivity index (χ4n) is 2.32. The maximum absolute atomic E-state index is 11.8. The van der Waals surface area contributed by atoms with Gasteiger partial charge in [0, 0.05) is 27.6 Å². The number of hydrogen-bond acceptors (Lipinski definition) is 3. The normalized spacial score (nSPS) is 13.0. The van der Waals surface area contributed by atoms with Gasteiger partial charge in [-0.25, -0.2) is 0 Å². The molecular formula is C15H10N2O2. The molecule has 0 fully saturated rings. The molecule has 2 aromatic rings. The van der Waals surface area contributed by atoms with E-state index in [1.807, 2.05) is 6.07 Å². The molecule has 0 saturated carbocycles. The number of imide groups is 1. The van der Waals surface area contributed by atoms with E-state index in [9.17, 15) is 9.59 Å². The van der Waals surface area contributed by atoms with Crippen LogP contribution in [0, 0.1) is 12.3 Å². The van der Waals surface area contributed by atoms with Gasteiger partial charge in [0.2, 0.25) is 0 Å². The molecule has 0 spiro atoms. The lowest BCUT2D eigenvalue weighted by atomic mass is 9.94. The summed E-state index contributed by atoms with van der Waals surface area (Å²) in [4.78, 5) is 23.6. The van der Waals surface area contributed by atoms with Crippen molar-refractivity contribution in [3.05, 3.63) is 41.5 Å². The van der Waals surface area contributed by atoms with Crippen LogP contribution in [0.3, 0.4) is 0 Å². The molecule has 2 N–H and O–H groups in total. The van der Waals surface area contributed by atoms with Crippen LogP contribution in [0.5, 0.6) is 0 Å². The van der Waals surface area contributed by atoms with Crippen LogP contribution in [0.2, 0.25) is 0 Å². The summed E-state index contributed by atoms with van der Waals surface area (Å²) in [5.74, 6) is 1.77. The van der Waals surface area contributed by atoms with Crippen molar-refractivity contribution in [2.75, 3.05) is 11.9 Å². The second-order valence-electron chi connectivity index (χ2n) is 4.23. The van der Waals surface area contributed by atoms with Gasteiger partial charge in [-0.2, -0.15) is 0 Å². The zero-order valence-electron chi connectivity index (χ0n) is 9.99. The first-order valence-corrected chi connectivity index (χ1v) is 5.81. The molecule has 0 radical (unpaired) electrons. The van der Waals surface area contributed by atoms with Gasteiger partial charge in [-0.1, -0.05) is 18.1 Å². The van der Waals surface area contributed by atoms with E-state index in [4.69, 9.17) is 6.42 Å². The van der Waals surface area contributed by atoms with Crippen molar-refractivity contribution in [3.63, 3.8) is 0 Å². The van der Waals surface area contributed by atoms with Gasteiger partial charge in [-0.3, -0.25) is 14.9 Å². The molecule has 1 aliphatic heterocycles. The van der Waals surface area contributed by atoms with E-state index in [1.54, 1.807) is 24.3 Å². The molecule has 19 heavy (non-hydrogen) atoms. The highest BCUT2D eigenvalue weighted by Gasteiger charge is 2.25. The highest BCUT2D eigenvalue weighted by atomic mass is 16.2. The van der Waals surface area contributed by atoms with Crippen molar-refractivity contribution >= 4 is 28.3 Å². The molecule has 4 nitrogen and oxygen atoms in total. The smallest absolute Gasteiger partial charge is 0.258 e. The minimum Gasteiger partial charge on any atom is -0.374 e. The molecule has 4 heteroatoms. The van der Waals surface area contributed by atoms with E-state index in [-0.39, 0.29) is 11.8 Å². The van der Waals surface area contributed by atoms with Crippen LogP contribution in [-0.2, 0) is 0 Å². The molecule has 0 unspecified atom stereocenters. The van der Waals surface area contributed by atoms with Crippen LogP contribution in [0.1, 0.15) is 20.7 Å². The molecule has 0 saturated heterocycles. The van der Waals surface area contributed by atoms with Crippen molar-refractivity contribution in [2.45, 2.75) is 0 Å². The number of terminal acetylenes is 1. The van der Waals surface area contributed by atoms with Gasteiger partial charge in [0.25, 0.3) is 11.8 Å². The van der Waals surface area contributed by atoms with Gasteiger partial charge in [0.1, 0.15) is 0 Å². The number of carbonyl (C=O) groups excluding carboxylic acids is 2. The van der Waals surface area contributed by atoms with E-state index < -0.39 is 0 Å². The quantitative estimate of drug-likeness (QED) is 0.631. The number of hydrogen-bond donors (Lipinski definition) is 2. The van der Waals surface area contributed by atoms with E-state index in [2.05, 4.69) is 16.6 Å². The summed E-state index contributed by atoms with van der Waals surface area (Å²) < 4.78 is 0. The highest BCUT2D eigenvalue weighted by Crippen LogP contribution is 2.31. The molecule has 1 aliphatic rings. The largest absolute Gasteiger partial charge is 0.374 e. The molecule has 0 atom stereocenters. The van der Waals surface area contributed by atoms with Gasteiger partial charge >= 0.3 is 0 Å². The lowest BCUT2D eigenvalue weighted by Crippen LogP contribution is -2.34. The van der Waals surface area contributed by atoms with Crippen LogP contribution in [-0.4, -0.2) is 18.4 Å². The Morgan fingerprint density at radius 1 is 1.11 bits per heavy atom. The number of anilines is 1. The Hall–Kier alpha value is -2.80. The molecule has 0 aromatic heterocycles. The first kappa shape index (κ1) is 11.3. The van der Waals surface area contributed by atoms with Crippen LogP contribution >= 0.6 is 0 Å². The third-order valence-corrected chi connectivity index (χ3v) is 3.14. The first-order chi connectivity index (χ1) is 9.22. The van der Waals surface area contributed by atoms with E-state index in [0.29, 0.717) is 23.1 Å². The predicted octanol–water partition coefficient (Wildman–Crippen LogP) is 1.77. The number of carbonyl (C=O) groups is 2. The summed E-state index contributed by atoms with van der Waals surface area (Å²) in [5, 5.41) is 6.92. The molecular weight excluding hydrogens is 240 g/mol. The summed E-state index contributed by atoms with van der Waals surface area (Å²) in [6, 6.07) is 8.87. The number of amides is 2. The number of rotatable bonds is 2. The standard InChI is InChI=1S/C15H10N2O2/c1-2-8-16-12-7-6-11-13-9(12)4-3-5-10(13)14(18)17-15(11)19/h1,3-7,16H,8H2,(H,17,18,19). The Balaban J connectivity index is 2.32. The summed E-state index contributed by atoms with van der Waals surface area (Å²) in [6.07, 6.45) is 5.23. The van der Waals surface area contributed by atoms with Gasteiger partial charge in [0.05, 0.1) is 6.54 Å². The minimum atomic E-state index is -0.364. The summed E-state index contributed by atoms with van der Waals surface area (Å²) in [7, 11) is 0. The van der Waals surface area contributed by atoms with Gasteiger partial charge < -0.3 is 5.32 Å². The molecule has 2 amide bonds. The van der Waals surface area contributed by atoms with Crippen molar-refractivity contribution in [3.8, 4) is 12.3 Å². The molecule has 92 valence electrons. The summed E-state index contributed by atoms with van der Waals surface area (Å²) in [5.41, 5.74) is 1.84. The van der Waals surface area contributed by atoms with Crippen molar-refractivity contribution in [1.29, 1.82) is 0 Å².